The molecular weight excluding hydrogens is 428 g/mol. The Labute approximate surface area is 197 Å². The molecule has 34 heavy (non-hydrogen) atoms. The lowest BCUT2D eigenvalue weighted by Gasteiger charge is -2.32. The zero-order valence-corrected chi connectivity index (χ0v) is 18.9. The number of hydrogen-bond acceptors (Lipinski definition) is 6. The number of nitrogens with one attached hydrogen (secondary N) is 1. The molecule has 0 spiro atoms. The van der Waals surface area contributed by atoms with Crippen LogP contribution >= 0.6 is 0 Å². The van der Waals surface area contributed by atoms with Gasteiger partial charge in [-0.1, -0.05) is 77.4 Å². The highest BCUT2D eigenvalue weighted by Gasteiger charge is 2.32. The number of anilines is 2. The molecule has 0 unspecified atom stereocenters. The molecule has 3 aromatic carbocycles. The highest BCUT2D eigenvalue weighted by Crippen LogP contribution is 2.36. The van der Waals surface area contributed by atoms with Crippen LogP contribution in [0.3, 0.4) is 0 Å². The lowest BCUT2D eigenvalue weighted by atomic mass is 10.00. The number of carbonyl (C=O) groups is 1. The lowest BCUT2D eigenvalue weighted by Crippen LogP contribution is -2.37. The molecule has 1 atom stereocenters. The van der Waals surface area contributed by atoms with Gasteiger partial charge in [-0.2, -0.15) is 4.68 Å². The van der Waals surface area contributed by atoms with Gasteiger partial charge in [0, 0.05) is 0 Å². The Morgan fingerprint density at radius 2 is 1.74 bits per heavy atom. The van der Waals surface area contributed by atoms with Gasteiger partial charge in [-0.15, -0.1) is 0 Å². The maximum Gasteiger partial charge on any atom is 0.251 e. The number of tetrazole rings is 1. The van der Waals surface area contributed by atoms with Gasteiger partial charge >= 0.3 is 0 Å². The third-order valence-electron chi connectivity index (χ3n) is 5.76. The highest BCUT2D eigenvalue weighted by molar-refractivity contribution is 5.98. The molecule has 0 radical (unpaired) electrons. The van der Waals surface area contributed by atoms with E-state index in [0.29, 0.717) is 17.4 Å². The van der Waals surface area contributed by atoms with Crippen molar-refractivity contribution in [2.45, 2.75) is 13.0 Å². The molecule has 0 fully saturated rings. The molecule has 8 nitrogen and oxygen atoms in total. The number of aryl methyl sites for hydroxylation is 1. The minimum absolute atomic E-state index is 0.0275. The Balaban J connectivity index is 1.52. The van der Waals surface area contributed by atoms with Gasteiger partial charge in [0.2, 0.25) is 5.91 Å². The van der Waals surface area contributed by atoms with E-state index in [4.69, 9.17) is 4.74 Å². The maximum atomic E-state index is 13.1. The molecule has 5 rings (SSSR count). The number of carbonyl (C=O) groups excluding carboxylic acids is 1. The highest BCUT2D eigenvalue weighted by atomic mass is 16.5. The Bertz CT molecular complexity index is 1330. The van der Waals surface area contributed by atoms with Crippen LogP contribution in [0.2, 0.25) is 0 Å². The summed E-state index contributed by atoms with van der Waals surface area (Å²) in [5, 5.41) is 15.4. The minimum Gasteiger partial charge on any atom is -0.495 e. The molecule has 2 heterocycles. The SMILES string of the molecule is COc1ccccc1NC(=O)CN1C(c2ccccc2)=C[C@H](c2ccc(C)cc2)n2nnnc21. The second-order valence-corrected chi connectivity index (χ2v) is 8.03. The van der Waals surface area contributed by atoms with Crippen molar-refractivity contribution in [2.24, 2.45) is 0 Å². The largest absolute Gasteiger partial charge is 0.495 e. The van der Waals surface area contributed by atoms with Gasteiger partial charge < -0.3 is 10.1 Å². The molecule has 0 aliphatic carbocycles. The van der Waals surface area contributed by atoms with Gasteiger partial charge in [-0.3, -0.25) is 9.69 Å². The number of nitrogens with zero attached hydrogens (tertiary/aromatic N) is 5. The quantitative estimate of drug-likeness (QED) is 0.475. The number of amides is 1. The molecular formula is C26H24N6O2. The van der Waals surface area contributed by atoms with E-state index in [1.165, 1.54) is 5.56 Å². The number of allylic oxidation sites excluding steroid dienone is 1. The number of ether oxygens (including phenoxy) is 1. The van der Waals surface area contributed by atoms with Crippen LogP contribution in [0.1, 0.15) is 22.7 Å². The summed E-state index contributed by atoms with van der Waals surface area (Å²) in [5.74, 6) is 0.884. The molecule has 8 heteroatoms. The molecule has 0 bridgehead atoms. The van der Waals surface area contributed by atoms with Crippen LogP contribution in [0.4, 0.5) is 11.6 Å². The van der Waals surface area contributed by atoms with E-state index < -0.39 is 0 Å². The molecule has 1 amide bonds. The van der Waals surface area contributed by atoms with Gasteiger partial charge in [0.25, 0.3) is 5.95 Å². The van der Waals surface area contributed by atoms with Crippen molar-refractivity contribution < 1.29 is 9.53 Å². The second kappa shape index (κ2) is 9.19. The van der Waals surface area contributed by atoms with Crippen LogP contribution in [0.25, 0.3) is 5.70 Å². The Morgan fingerprint density at radius 1 is 1.00 bits per heavy atom. The van der Waals surface area contributed by atoms with Gasteiger partial charge in [-0.05, 0) is 46.7 Å². The monoisotopic (exact) mass is 452 g/mol. The number of fused-ring (bicyclic) bond motifs is 1. The summed E-state index contributed by atoms with van der Waals surface area (Å²) in [4.78, 5) is 15.0. The average molecular weight is 453 g/mol. The number of aromatic nitrogens is 4. The van der Waals surface area contributed by atoms with Crippen molar-refractivity contribution in [3.8, 4) is 5.75 Å². The molecule has 1 N–H and O–H groups in total. The fourth-order valence-corrected chi connectivity index (χ4v) is 4.06. The summed E-state index contributed by atoms with van der Waals surface area (Å²) in [6, 6.07) is 25.4. The van der Waals surface area contributed by atoms with Crippen LogP contribution < -0.4 is 15.0 Å². The maximum absolute atomic E-state index is 13.1. The molecule has 4 aromatic rings. The van der Waals surface area contributed by atoms with E-state index in [1.807, 2.05) is 47.4 Å². The fourth-order valence-electron chi connectivity index (χ4n) is 4.06. The second-order valence-electron chi connectivity index (χ2n) is 8.03. The van der Waals surface area contributed by atoms with Crippen LogP contribution in [0, 0.1) is 6.92 Å². The van der Waals surface area contributed by atoms with Crippen molar-refractivity contribution >= 4 is 23.2 Å². The Hall–Kier alpha value is -4.46. The fraction of sp³-hybridized carbons (Fsp3) is 0.154. The standard InChI is InChI=1S/C26H24N6O2/c1-18-12-14-20(15-13-18)23-16-22(19-8-4-3-5-9-19)31(26-28-29-30-32(23)26)17-25(33)27-21-10-6-7-11-24(21)34-2/h3-16,23H,17H2,1-2H3,(H,27,33)/t23-/m1/s1. The van der Waals surface area contributed by atoms with Gasteiger partial charge in [0.15, 0.2) is 0 Å². The first-order valence-electron chi connectivity index (χ1n) is 11.0. The van der Waals surface area contributed by atoms with Crippen molar-refractivity contribution in [1.82, 2.24) is 20.2 Å². The van der Waals surface area contributed by atoms with Crippen LogP contribution in [-0.2, 0) is 4.79 Å². The van der Waals surface area contributed by atoms with Gasteiger partial charge in [0.1, 0.15) is 18.3 Å². The van der Waals surface area contributed by atoms with Crippen LogP contribution in [0.15, 0.2) is 84.9 Å². The van der Waals surface area contributed by atoms with Crippen LogP contribution in [-0.4, -0.2) is 39.8 Å². The topological polar surface area (TPSA) is 85.2 Å². The molecule has 0 saturated carbocycles. The summed E-state index contributed by atoms with van der Waals surface area (Å²) in [7, 11) is 1.57. The summed E-state index contributed by atoms with van der Waals surface area (Å²) in [6.45, 7) is 2.08. The number of hydrogen-bond donors (Lipinski definition) is 1. The van der Waals surface area contributed by atoms with E-state index in [2.05, 4.69) is 58.1 Å². The third kappa shape index (κ3) is 4.13. The van der Waals surface area contributed by atoms with Crippen molar-refractivity contribution in [3.05, 3.63) is 102 Å². The molecule has 1 aromatic heterocycles. The summed E-state index contributed by atoms with van der Waals surface area (Å²) in [6.07, 6.45) is 2.10. The predicted octanol–water partition coefficient (Wildman–Crippen LogP) is 4.08. The van der Waals surface area contributed by atoms with E-state index in [1.54, 1.807) is 23.9 Å². The van der Waals surface area contributed by atoms with Crippen molar-refractivity contribution in [3.63, 3.8) is 0 Å². The third-order valence-corrected chi connectivity index (χ3v) is 5.76. The molecule has 0 saturated heterocycles. The average Bonchev–Trinajstić information content (AvgIpc) is 3.36. The smallest absolute Gasteiger partial charge is 0.251 e. The van der Waals surface area contributed by atoms with E-state index in [-0.39, 0.29) is 18.5 Å². The molecule has 1 aliphatic rings. The molecule has 170 valence electrons. The normalized spacial score (nSPS) is 14.8. The number of methoxy groups -OCH3 is 1. The first-order chi connectivity index (χ1) is 16.6. The van der Waals surface area contributed by atoms with Gasteiger partial charge in [0.05, 0.1) is 18.5 Å². The van der Waals surface area contributed by atoms with E-state index in [0.717, 1.165) is 16.8 Å². The van der Waals surface area contributed by atoms with Gasteiger partial charge in [-0.25, -0.2) is 0 Å². The Morgan fingerprint density at radius 3 is 2.50 bits per heavy atom. The number of benzene rings is 3. The number of rotatable bonds is 6. The Kier molecular flexibility index (Phi) is 5.78. The van der Waals surface area contributed by atoms with E-state index in [9.17, 15) is 4.79 Å². The first kappa shape index (κ1) is 21.4. The first-order valence-corrected chi connectivity index (χ1v) is 11.0. The minimum atomic E-state index is -0.213. The zero-order chi connectivity index (χ0) is 23.5. The zero-order valence-electron chi connectivity index (χ0n) is 18.9. The summed E-state index contributed by atoms with van der Waals surface area (Å²) >= 11 is 0. The summed E-state index contributed by atoms with van der Waals surface area (Å²) in [5.41, 5.74) is 4.68. The summed E-state index contributed by atoms with van der Waals surface area (Å²) < 4.78 is 7.11. The van der Waals surface area contributed by atoms with Crippen molar-refractivity contribution in [1.29, 1.82) is 0 Å². The van der Waals surface area contributed by atoms with Crippen LogP contribution in [0.5, 0.6) is 5.75 Å². The van der Waals surface area contributed by atoms with Crippen molar-refractivity contribution in [2.75, 3.05) is 23.9 Å². The predicted molar refractivity (Wildman–Crippen MR) is 131 cm³/mol. The molecule has 1 aliphatic heterocycles. The van der Waals surface area contributed by atoms with E-state index >= 15 is 0 Å². The lowest BCUT2D eigenvalue weighted by molar-refractivity contribution is -0.114. The number of para-hydroxylation sites is 2.